The largest absolute Gasteiger partial charge is 0.350 e. The van der Waals surface area contributed by atoms with Gasteiger partial charge in [0.2, 0.25) is 5.91 Å². The van der Waals surface area contributed by atoms with E-state index in [9.17, 15) is 9.59 Å². The summed E-state index contributed by atoms with van der Waals surface area (Å²) in [6, 6.07) is 5.36. The summed E-state index contributed by atoms with van der Waals surface area (Å²) >= 11 is 6.11. The number of benzene rings is 1. The molecule has 1 saturated heterocycles. The minimum absolute atomic E-state index is 0.0182. The maximum atomic E-state index is 12.5. The highest BCUT2D eigenvalue weighted by atomic mass is 35.5. The second-order valence-electron chi connectivity index (χ2n) is 7.81. The van der Waals surface area contributed by atoms with Gasteiger partial charge < -0.3 is 15.5 Å². The molecule has 1 fully saturated rings. The molecule has 7 heteroatoms. The van der Waals surface area contributed by atoms with Crippen LogP contribution < -0.4 is 10.6 Å². The van der Waals surface area contributed by atoms with Crippen molar-refractivity contribution in [3.8, 4) is 0 Å². The van der Waals surface area contributed by atoms with E-state index < -0.39 is 0 Å². The Hall–Kier alpha value is -1.79. The molecule has 26 heavy (non-hydrogen) atoms. The predicted octanol–water partition coefficient (Wildman–Crippen LogP) is 3.10. The highest BCUT2D eigenvalue weighted by Gasteiger charge is 2.22. The molecule has 0 unspecified atom stereocenters. The molecule has 1 aromatic rings. The number of aryl methyl sites for hydroxylation is 1. The molecule has 1 aliphatic rings. The second kappa shape index (κ2) is 8.73. The SMILES string of the molecule is Cc1ccc(NC(=O)N2CCCN(CC(=O)NC(C)(C)C)CC2)cc1Cl. The lowest BCUT2D eigenvalue weighted by molar-refractivity contribution is -0.123. The van der Waals surface area contributed by atoms with Gasteiger partial charge in [-0.2, -0.15) is 0 Å². The molecule has 1 aliphatic heterocycles. The van der Waals surface area contributed by atoms with Crippen LogP contribution in [0.1, 0.15) is 32.8 Å². The van der Waals surface area contributed by atoms with Crippen molar-refractivity contribution in [2.45, 2.75) is 39.7 Å². The Bertz CT molecular complexity index is 657. The van der Waals surface area contributed by atoms with Crippen LogP contribution in [0.4, 0.5) is 10.5 Å². The zero-order chi connectivity index (χ0) is 19.3. The predicted molar refractivity (Wildman–Crippen MR) is 106 cm³/mol. The number of urea groups is 1. The van der Waals surface area contributed by atoms with E-state index in [0.717, 1.165) is 18.5 Å². The van der Waals surface area contributed by atoms with Gasteiger partial charge in [-0.05, 0) is 51.8 Å². The van der Waals surface area contributed by atoms with Crippen LogP contribution in [0.25, 0.3) is 0 Å². The number of carbonyl (C=O) groups excluding carboxylic acids is 2. The second-order valence-corrected chi connectivity index (χ2v) is 8.22. The molecule has 1 aromatic carbocycles. The average molecular weight is 381 g/mol. The average Bonchev–Trinajstić information content (AvgIpc) is 2.74. The molecule has 3 amide bonds. The molecule has 1 heterocycles. The summed E-state index contributed by atoms with van der Waals surface area (Å²) in [5.41, 5.74) is 1.43. The third-order valence-electron chi connectivity index (χ3n) is 4.18. The van der Waals surface area contributed by atoms with Gasteiger partial charge in [0.15, 0.2) is 0 Å². The summed E-state index contributed by atoms with van der Waals surface area (Å²) in [7, 11) is 0. The number of nitrogens with zero attached hydrogens (tertiary/aromatic N) is 2. The molecular weight excluding hydrogens is 352 g/mol. The van der Waals surface area contributed by atoms with E-state index in [2.05, 4.69) is 15.5 Å². The van der Waals surface area contributed by atoms with E-state index in [-0.39, 0.29) is 17.5 Å². The first kappa shape index (κ1) is 20.5. The monoisotopic (exact) mass is 380 g/mol. The van der Waals surface area contributed by atoms with Crippen molar-refractivity contribution in [2.24, 2.45) is 0 Å². The first-order valence-electron chi connectivity index (χ1n) is 8.99. The molecular formula is C19H29ClN4O2. The van der Waals surface area contributed by atoms with Crippen molar-refractivity contribution in [1.82, 2.24) is 15.1 Å². The van der Waals surface area contributed by atoms with Crippen LogP contribution in [0.5, 0.6) is 0 Å². The van der Waals surface area contributed by atoms with Crippen molar-refractivity contribution in [2.75, 3.05) is 38.0 Å². The zero-order valence-corrected chi connectivity index (χ0v) is 16.8. The van der Waals surface area contributed by atoms with Gasteiger partial charge in [-0.3, -0.25) is 9.69 Å². The Morgan fingerprint density at radius 3 is 2.54 bits per heavy atom. The van der Waals surface area contributed by atoms with Gasteiger partial charge in [-0.25, -0.2) is 4.79 Å². The molecule has 0 spiro atoms. The summed E-state index contributed by atoms with van der Waals surface area (Å²) in [6.45, 7) is 10.9. The minimum atomic E-state index is -0.232. The van der Waals surface area contributed by atoms with Gasteiger partial charge in [0.1, 0.15) is 0 Å². The van der Waals surface area contributed by atoms with Crippen molar-refractivity contribution in [3.63, 3.8) is 0 Å². The highest BCUT2D eigenvalue weighted by Crippen LogP contribution is 2.20. The van der Waals surface area contributed by atoms with E-state index in [1.54, 1.807) is 11.0 Å². The number of anilines is 1. The summed E-state index contributed by atoms with van der Waals surface area (Å²) < 4.78 is 0. The number of hydrogen-bond donors (Lipinski definition) is 2. The number of rotatable bonds is 3. The smallest absolute Gasteiger partial charge is 0.321 e. The topological polar surface area (TPSA) is 64.7 Å². The quantitative estimate of drug-likeness (QED) is 0.846. The van der Waals surface area contributed by atoms with Crippen LogP contribution in [0, 0.1) is 6.92 Å². The van der Waals surface area contributed by atoms with E-state index in [1.165, 1.54) is 0 Å². The van der Waals surface area contributed by atoms with Gasteiger partial charge in [0.05, 0.1) is 6.54 Å². The minimum Gasteiger partial charge on any atom is -0.350 e. The van der Waals surface area contributed by atoms with Crippen molar-refractivity contribution < 1.29 is 9.59 Å². The van der Waals surface area contributed by atoms with E-state index in [1.807, 2.05) is 39.8 Å². The van der Waals surface area contributed by atoms with E-state index in [4.69, 9.17) is 11.6 Å². The fourth-order valence-electron chi connectivity index (χ4n) is 2.87. The summed E-state index contributed by atoms with van der Waals surface area (Å²) in [5.74, 6) is 0.0182. The first-order chi connectivity index (χ1) is 12.1. The Kier molecular flexibility index (Phi) is 6.89. The lowest BCUT2D eigenvalue weighted by Crippen LogP contribution is -2.46. The van der Waals surface area contributed by atoms with Crippen LogP contribution in [-0.2, 0) is 4.79 Å². The van der Waals surface area contributed by atoms with Gasteiger partial charge in [0, 0.05) is 42.4 Å². The molecule has 0 radical (unpaired) electrons. The Morgan fingerprint density at radius 1 is 1.15 bits per heavy atom. The molecule has 0 aliphatic carbocycles. The third kappa shape index (κ3) is 6.50. The number of halogens is 1. The van der Waals surface area contributed by atoms with Crippen molar-refractivity contribution in [3.05, 3.63) is 28.8 Å². The highest BCUT2D eigenvalue weighted by molar-refractivity contribution is 6.31. The summed E-state index contributed by atoms with van der Waals surface area (Å²) in [4.78, 5) is 28.5. The van der Waals surface area contributed by atoms with Crippen LogP contribution in [0.15, 0.2) is 18.2 Å². The molecule has 6 nitrogen and oxygen atoms in total. The molecule has 0 bridgehead atoms. The molecule has 2 N–H and O–H groups in total. The van der Waals surface area contributed by atoms with E-state index >= 15 is 0 Å². The first-order valence-corrected chi connectivity index (χ1v) is 9.37. The standard InChI is InChI=1S/C19H29ClN4O2/c1-14-6-7-15(12-16(14)20)21-18(26)24-9-5-8-23(10-11-24)13-17(25)22-19(2,3)4/h6-7,12H,5,8-11,13H2,1-4H3,(H,21,26)(H,22,25). The lowest BCUT2D eigenvalue weighted by Gasteiger charge is -2.25. The number of amides is 3. The summed E-state index contributed by atoms with van der Waals surface area (Å²) in [5, 5.41) is 6.51. The lowest BCUT2D eigenvalue weighted by atomic mass is 10.1. The van der Waals surface area contributed by atoms with Gasteiger partial charge in [-0.15, -0.1) is 0 Å². The maximum absolute atomic E-state index is 12.5. The van der Waals surface area contributed by atoms with Gasteiger partial charge in [-0.1, -0.05) is 17.7 Å². The molecule has 144 valence electrons. The summed E-state index contributed by atoms with van der Waals surface area (Å²) in [6.07, 6.45) is 0.838. The number of carbonyl (C=O) groups is 2. The molecule has 0 saturated carbocycles. The van der Waals surface area contributed by atoms with Crippen molar-refractivity contribution >= 4 is 29.2 Å². The van der Waals surface area contributed by atoms with Crippen LogP contribution in [-0.4, -0.2) is 60.0 Å². The van der Waals surface area contributed by atoms with E-state index in [0.29, 0.717) is 36.9 Å². The Labute approximate surface area is 160 Å². The van der Waals surface area contributed by atoms with Crippen LogP contribution >= 0.6 is 11.6 Å². The number of nitrogens with one attached hydrogen (secondary N) is 2. The van der Waals surface area contributed by atoms with Gasteiger partial charge >= 0.3 is 6.03 Å². The molecule has 0 aromatic heterocycles. The van der Waals surface area contributed by atoms with Crippen molar-refractivity contribution in [1.29, 1.82) is 0 Å². The zero-order valence-electron chi connectivity index (χ0n) is 16.1. The molecule has 0 atom stereocenters. The fraction of sp³-hybridized carbons (Fsp3) is 0.579. The third-order valence-corrected chi connectivity index (χ3v) is 4.59. The Morgan fingerprint density at radius 2 is 1.88 bits per heavy atom. The number of hydrogen-bond acceptors (Lipinski definition) is 3. The van der Waals surface area contributed by atoms with Gasteiger partial charge in [0.25, 0.3) is 0 Å². The van der Waals surface area contributed by atoms with Crippen LogP contribution in [0.2, 0.25) is 5.02 Å². The Balaban J connectivity index is 1.86. The maximum Gasteiger partial charge on any atom is 0.321 e. The normalized spacial score (nSPS) is 16.1. The molecule has 2 rings (SSSR count). The van der Waals surface area contributed by atoms with Crippen LogP contribution in [0.3, 0.4) is 0 Å². The fourth-order valence-corrected chi connectivity index (χ4v) is 3.05.